The van der Waals surface area contributed by atoms with Crippen molar-refractivity contribution in [1.82, 2.24) is 9.88 Å². The molecule has 0 aliphatic carbocycles. The van der Waals surface area contributed by atoms with Crippen LogP contribution < -0.4 is 4.90 Å². The number of anilines is 1. The SMILES string of the molecule is O=C(O)C(F)(F)F.O=C1CC2(CCCCN2C(=O)Cc2ccccc2)CN1c1cccnc1. The highest BCUT2D eigenvalue weighted by Gasteiger charge is 2.50. The van der Waals surface area contributed by atoms with Crippen LogP contribution in [0.15, 0.2) is 54.9 Å². The molecule has 176 valence electrons. The van der Waals surface area contributed by atoms with Gasteiger partial charge in [0.05, 0.1) is 30.3 Å². The molecule has 33 heavy (non-hydrogen) atoms. The number of hydrogen-bond acceptors (Lipinski definition) is 4. The van der Waals surface area contributed by atoms with Crippen molar-refractivity contribution in [2.24, 2.45) is 0 Å². The highest BCUT2D eigenvalue weighted by Crippen LogP contribution is 2.39. The fourth-order valence-corrected chi connectivity index (χ4v) is 4.26. The Morgan fingerprint density at radius 1 is 1.09 bits per heavy atom. The topological polar surface area (TPSA) is 90.8 Å². The lowest BCUT2D eigenvalue weighted by molar-refractivity contribution is -0.192. The maximum absolute atomic E-state index is 13.1. The van der Waals surface area contributed by atoms with Crippen LogP contribution in [0.25, 0.3) is 0 Å². The first kappa shape index (κ1) is 24.2. The van der Waals surface area contributed by atoms with Gasteiger partial charge in [0.15, 0.2) is 0 Å². The predicted octanol–water partition coefficient (Wildman–Crippen LogP) is 3.45. The van der Waals surface area contributed by atoms with Crippen molar-refractivity contribution in [3.8, 4) is 0 Å². The van der Waals surface area contributed by atoms with Gasteiger partial charge < -0.3 is 14.9 Å². The molecule has 1 N–H and O–H groups in total. The van der Waals surface area contributed by atoms with E-state index in [1.807, 2.05) is 47.4 Å². The van der Waals surface area contributed by atoms with E-state index in [4.69, 9.17) is 9.90 Å². The van der Waals surface area contributed by atoms with Gasteiger partial charge in [0.1, 0.15) is 0 Å². The summed E-state index contributed by atoms with van der Waals surface area (Å²) in [6.45, 7) is 1.30. The second kappa shape index (κ2) is 10.0. The molecule has 1 atom stereocenters. The summed E-state index contributed by atoms with van der Waals surface area (Å²) in [5, 5.41) is 7.12. The fourth-order valence-electron chi connectivity index (χ4n) is 4.26. The van der Waals surface area contributed by atoms with Crippen molar-refractivity contribution in [1.29, 1.82) is 0 Å². The normalized spacial score (nSPS) is 20.4. The van der Waals surface area contributed by atoms with Crippen molar-refractivity contribution in [2.75, 3.05) is 18.0 Å². The van der Waals surface area contributed by atoms with E-state index in [0.717, 1.165) is 37.1 Å². The van der Waals surface area contributed by atoms with E-state index in [-0.39, 0.29) is 17.4 Å². The summed E-state index contributed by atoms with van der Waals surface area (Å²) >= 11 is 0. The second-order valence-electron chi connectivity index (χ2n) is 8.06. The van der Waals surface area contributed by atoms with Crippen LogP contribution in [0, 0.1) is 0 Å². The van der Waals surface area contributed by atoms with E-state index >= 15 is 0 Å². The Labute approximate surface area is 188 Å². The molecule has 10 heteroatoms. The average molecular weight is 463 g/mol. The highest BCUT2D eigenvalue weighted by molar-refractivity contribution is 5.97. The molecule has 0 bridgehead atoms. The Balaban J connectivity index is 0.000000383. The number of piperidine rings is 1. The number of benzene rings is 1. The Morgan fingerprint density at radius 3 is 2.39 bits per heavy atom. The lowest BCUT2D eigenvalue weighted by Crippen LogP contribution is -2.56. The number of carboxylic acids is 1. The number of hydrogen-bond donors (Lipinski definition) is 1. The largest absolute Gasteiger partial charge is 0.490 e. The number of aromatic nitrogens is 1. The number of carboxylic acid groups (broad SMARTS) is 1. The zero-order valence-electron chi connectivity index (χ0n) is 17.8. The van der Waals surface area contributed by atoms with Gasteiger partial charge in [-0.05, 0) is 37.0 Å². The summed E-state index contributed by atoms with van der Waals surface area (Å²) in [5.74, 6) is -2.55. The minimum atomic E-state index is -5.08. The molecule has 7 nitrogen and oxygen atoms in total. The van der Waals surface area contributed by atoms with Gasteiger partial charge in [-0.25, -0.2) is 4.79 Å². The fraction of sp³-hybridized carbons (Fsp3) is 0.391. The van der Waals surface area contributed by atoms with Crippen molar-refractivity contribution in [2.45, 2.75) is 43.8 Å². The van der Waals surface area contributed by atoms with Crippen LogP contribution in [0.2, 0.25) is 0 Å². The van der Waals surface area contributed by atoms with Gasteiger partial charge >= 0.3 is 12.1 Å². The maximum Gasteiger partial charge on any atom is 0.490 e. The Hall–Kier alpha value is -3.43. The number of nitrogens with zero attached hydrogens (tertiary/aromatic N) is 3. The van der Waals surface area contributed by atoms with Gasteiger partial charge in [0, 0.05) is 19.3 Å². The molecule has 2 aliphatic heterocycles. The third kappa shape index (κ3) is 5.88. The van der Waals surface area contributed by atoms with Gasteiger partial charge in [0.25, 0.3) is 0 Å². The second-order valence-corrected chi connectivity index (χ2v) is 8.06. The van der Waals surface area contributed by atoms with Crippen molar-refractivity contribution >= 4 is 23.5 Å². The predicted molar refractivity (Wildman–Crippen MR) is 113 cm³/mol. The van der Waals surface area contributed by atoms with E-state index in [0.29, 0.717) is 19.4 Å². The van der Waals surface area contributed by atoms with Crippen LogP contribution in [0.1, 0.15) is 31.2 Å². The van der Waals surface area contributed by atoms with Crippen molar-refractivity contribution < 1.29 is 32.7 Å². The molecule has 2 aliphatic rings. The first-order valence-corrected chi connectivity index (χ1v) is 10.5. The zero-order valence-corrected chi connectivity index (χ0v) is 17.8. The standard InChI is InChI=1S/C21H23N3O2.C2HF3O2/c25-19(13-17-7-2-1-3-8-17)24-12-5-4-10-21(24)14-20(26)23(16-21)18-9-6-11-22-15-18;3-2(4,5)1(6)7/h1-3,6-9,11,15H,4-5,10,12-14,16H2;(H,6,7). The van der Waals surface area contributed by atoms with Gasteiger partial charge in [-0.15, -0.1) is 0 Å². The van der Waals surface area contributed by atoms with Crippen LogP contribution >= 0.6 is 0 Å². The first-order chi connectivity index (χ1) is 15.6. The minimum absolute atomic E-state index is 0.0809. The van der Waals surface area contributed by atoms with Crippen LogP contribution in [-0.2, 0) is 20.8 Å². The number of alkyl halides is 3. The number of pyridine rings is 1. The number of aliphatic carboxylic acids is 1. The monoisotopic (exact) mass is 463 g/mol. The van der Waals surface area contributed by atoms with Gasteiger partial charge in [-0.1, -0.05) is 30.3 Å². The van der Waals surface area contributed by atoms with E-state index in [1.54, 1.807) is 17.3 Å². The summed E-state index contributed by atoms with van der Waals surface area (Å²) in [6.07, 6.45) is 2.08. The maximum atomic E-state index is 13.1. The number of carbonyl (C=O) groups is 3. The molecular formula is C23H24F3N3O4. The zero-order chi connectivity index (χ0) is 24.1. The Bertz CT molecular complexity index is 985. The third-order valence-electron chi connectivity index (χ3n) is 5.78. The molecule has 1 aromatic heterocycles. The van der Waals surface area contributed by atoms with Gasteiger partial charge in [-0.3, -0.25) is 14.6 Å². The number of carbonyl (C=O) groups excluding carboxylic acids is 2. The van der Waals surface area contributed by atoms with Crippen LogP contribution in [0.5, 0.6) is 0 Å². The van der Waals surface area contributed by atoms with Gasteiger partial charge in [0.2, 0.25) is 11.8 Å². The van der Waals surface area contributed by atoms with E-state index in [2.05, 4.69) is 4.98 Å². The summed E-state index contributed by atoms with van der Waals surface area (Å²) < 4.78 is 31.7. The Morgan fingerprint density at radius 2 is 1.79 bits per heavy atom. The summed E-state index contributed by atoms with van der Waals surface area (Å²) in [4.78, 5) is 42.6. The van der Waals surface area contributed by atoms with Crippen molar-refractivity contribution in [3.63, 3.8) is 0 Å². The van der Waals surface area contributed by atoms with Gasteiger partial charge in [-0.2, -0.15) is 13.2 Å². The molecule has 0 saturated carbocycles. The van der Waals surface area contributed by atoms with Crippen LogP contribution in [-0.4, -0.2) is 57.6 Å². The first-order valence-electron chi connectivity index (χ1n) is 10.5. The summed E-state index contributed by atoms with van der Waals surface area (Å²) in [5.41, 5.74) is 1.46. The van der Waals surface area contributed by atoms with Crippen LogP contribution in [0.3, 0.4) is 0 Å². The third-order valence-corrected chi connectivity index (χ3v) is 5.78. The lowest BCUT2D eigenvalue weighted by atomic mass is 9.85. The molecule has 0 radical (unpaired) electrons. The molecule has 2 amide bonds. The molecule has 2 fully saturated rings. The quantitative estimate of drug-likeness (QED) is 0.753. The molecule has 2 saturated heterocycles. The lowest BCUT2D eigenvalue weighted by Gasteiger charge is -2.44. The summed E-state index contributed by atoms with van der Waals surface area (Å²) in [6, 6.07) is 13.6. The molecule has 1 spiro atoms. The number of amides is 2. The summed E-state index contributed by atoms with van der Waals surface area (Å²) in [7, 11) is 0. The molecule has 2 aromatic rings. The number of likely N-dealkylation sites (tertiary alicyclic amines) is 1. The minimum Gasteiger partial charge on any atom is -0.475 e. The molecular weight excluding hydrogens is 439 g/mol. The molecule has 3 heterocycles. The highest BCUT2D eigenvalue weighted by atomic mass is 19.4. The average Bonchev–Trinajstić information content (AvgIpc) is 3.11. The molecule has 1 unspecified atom stereocenters. The number of halogens is 3. The smallest absolute Gasteiger partial charge is 0.475 e. The molecule has 4 rings (SSSR count). The Kier molecular flexibility index (Phi) is 7.35. The van der Waals surface area contributed by atoms with Crippen LogP contribution in [0.4, 0.5) is 18.9 Å². The van der Waals surface area contributed by atoms with E-state index in [9.17, 15) is 22.8 Å². The van der Waals surface area contributed by atoms with E-state index < -0.39 is 12.1 Å². The number of rotatable bonds is 3. The molecule has 1 aromatic carbocycles. The van der Waals surface area contributed by atoms with E-state index in [1.165, 1.54) is 0 Å². The van der Waals surface area contributed by atoms with Crippen molar-refractivity contribution in [3.05, 3.63) is 60.4 Å².